The van der Waals surface area contributed by atoms with Crippen LogP contribution >= 0.6 is 50.7 Å². The summed E-state index contributed by atoms with van der Waals surface area (Å²) in [4.78, 5) is -0.447. The van der Waals surface area contributed by atoms with Crippen LogP contribution in [0.25, 0.3) is 0 Å². The minimum Gasteiger partial charge on any atom is -0.207 e. The number of hydrogen-bond acceptors (Lipinski definition) is 0. The smallest absolute Gasteiger partial charge is 0.129 e. The molecular formula is C13H7BrCl3F. The topological polar surface area (TPSA) is 0 Å². The largest absolute Gasteiger partial charge is 0.207 e. The Hall–Kier alpha value is -0.280. The first kappa shape index (κ1) is 14.1. The van der Waals surface area contributed by atoms with Crippen molar-refractivity contribution in [2.24, 2.45) is 0 Å². The van der Waals surface area contributed by atoms with Crippen molar-refractivity contribution in [1.82, 2.24) is 0 Å². The number of hydrogen-bond donors (Lipinski definition) is 0. The number of alkyl halides is 1. The zero-order chi connectivity index (χ0) is 13.3. The van der Waals surface area contributed by atoms with E-state index < -0.39 is 4.83 Å². The molecule has 2 aromatic rings. The third-order valence-corrected chi connectivity index (χ3v) is 4.34. The first-order valence-electron chi connectivity index (χ1n) is 5.03. The molecule has 0 saturated carbocycles. The van der Waals surface area contributed by atoms with Crippen LogP contribution in [0.4, 0.5) is 4.39 Å². The van der Waals surface area contributed by atoms with Crippen molar-refractivity contribution < 1.29 is 4.39 Å². The van der Waals surface area contributed by atoms with Gasteiger partial charge in [-0.05, 0) is 35.9 Å². The summed E-state index contributed by atoms with van der Waals surface area (Å²) >= 11 is 21.4. The second-order valence-electron chi connectivity index (χ2n) is 3.66. The molecular weight excluding hydrogens is 361 g/mol. The van der Waals surface area contributed by atoms with Crippen LogP contribution in [0.15, 0.2) is 36.4 Å². The molecule has 0 bridgehead atoms. The summed E-state index contributed by atoms with van der Waals surface area (Å²) < 4.78 is 13.8. The molecule has 0 fully saturated rings. The van der Waals surface area contributed by atoms with Crippen molar-refractivity contribution in [3.8, 4) is 0 Å². The molecule has 0 amide bonds. The van der Waals surface area contributed by atoms with E-state index in [1.54, 1.807) is 30.3 Å². The molecule has 5 heteroatoms. The summed E-state index contributed by atoms with van der Waals surface area (Å²) in [5.74, 6) is -0.389. The Bertz CT molecular complexity index is 566. The van der Waals surface area contributed by atoms with Gasteiger partial charge in [-0.2, -0.15) is 0 Å². The van der Waals surface area contributed by atoms with Crippen LogP contribution in [-0.2, 0) is 0 Å². The van der Waals surface area contributed by atoms with Gasteiger partial charge in [-0.3, -0.25) is 0 Å². The second kappa shape index (κ2) is 5.79. The van der Waals surface area contributed by atoms with Gasteiger partial charge in [-0.1, -0.05) is 56.8 Å². The highest BCUT2D eigenvalue weighted by Crippen LogP contribution is 2.40. The van der Waals surface area contributed by atoms with E-state index in [0.717, 1.165) is 0 Å². The molecule has 1 atom stereocenters. The van der Waals surface area contributed by atoms with Crippen molar-refractivity contribution in [3.05, 3.63) is 68.4 Å². The maximum absolute atomic E-state index is 13.8. The van der Waals surface area contributed by atoms with Crippen LogP contribution in [0.3, 0.4) is 0 Å². The Kier molecular flexibility index (Phi) is 4.54. The number of halogens is 5. The molecule has 0 aliphatic heterocycles. The summed E-state index contributed by atoms with van der Waals surface area (Å²) in [7, 11) is 0. The van der Waals surface area contributed by atoms with Gasteiger partial charge in [0.1, 0.15) is 5.82 Å². The summed E-state index contributed by atoms with van der Waals surface area (Å²) in [5.41, 5.74) is 1.03. The first-order chi connectivity index (χ1) is 8.50. The van der Waals surface area contributed by atoms with Crippen LogP contribution in [0.1, 0.15) is 16.0 Å². The fourth-order valence-electron chi connectivity index (χ4n) is 1.62. The summed E-state index contributed by atoms with van der Waals surface area (Å²) in [6.07, 6.45) is 0. The molecule has 94 valence electrons. The van der Waals surface area contributed by atoms with Crippen LogP contribution in [-0.4, -0.2) is 0 Å². The lowest BCUT2D eigenvalue weighted by atomic mass is 10.0. The molecule has 0 N–H and O–H groups in total. The molecule has 0 spiro atoms. The highest BCUT2D eigenvalue weighted by molar-refractivity contribution is 9.09. The molecule has 2 rings (SSSR count). The second-order valence-corrected chi connectivity index (χ2v) is 5.83. The van der Waals surface area contributed by atoms with E-state index >= 15 is 0 Å². The van der Waals surface area contributed by atoms with E-state index in [0.29, 0.717) is 26.2 Å². The van der Waals surface area contributed by atoms with Gasteiger partial charge in [0.25, 0.3) is 0 Å². The normalized spacial score (nSPS) is 12.5. The van der Waals surface area contributed by atoms with Gasteiger partial charge in [-0.25, -0.2) is 4.39 Å². The third kappa shape index (κ3) is 2.83. The van der Waals surface area contributed by atoms with Crippen LogP contribution in [0.5, 0.6) is 0 Å². The maximum atomic E-state index is 13.8. The minimum atomic E-state index is -0.447. The van der Waals surface area contributed by atoms with Crippen molar-refractivity contribution >= 4 is 50.7 Å². The minimum absolute atomic E-state index is 0.341. The predicted molar refractivity (Wildman–Crippen MR) is 78.6 cm³/mol. The molecule has 0 nitrogen and oxygen atoms in total. The zero-order valence-electron chi connectivity index (χ0n) is 8.93. The summed E-state index contributed by atoms with van der Waals surface area (Å²) in [6.45, 7) is 0. The quantitative estimate of drug-likeness (QED) is 0.548. The van der Waals surface area contributed by atoms with Crippen molar-refractivity contribution in [1.29, 1.82) is 0 Å². The van der Waals surface area contributed by atoms with E-state index in [1.807, 2.05) is 0 Å². The molecule has 0 radical (unpaired) electrons. The molecule has 0 aliphatic carbocycles. The van der Waals surface area contributed by atoms with Gasteiger partial charge in [-0.15, -0.1) is 0 Å². The van der Waals surface area contributed by atoms with Gasteiger partial charge in [0.2, 0.25) is 0 Å². The fraction of sp³-hybridized carbons (Fsp3) is 0.0769. The lowest BCUT2D eigenvalue weighted by molar-refractivity contribution is 0.613. The van der Waals surface area contributed by atoms with Gasteiger partial charge >= 0.3 is 0 Å². The summed E-state index contributed by atoms with van der Waals surface area (Å²) in [6, 6.07) is 9.57. The van der Waals surface area contributed by atoms with Crippen molar-refractivity contribution in [2.75, 3.05) is 0 Å². The lowest BCUT2D eigenvalue weighted by Gasteiger charge is -2.15. The van der Waals surface area contributed by atoms with Crippen LogP contribution < -0.4 is 0 Å². The van der Waals surface area contributed by atoms with Crippen LogP contribution in [0, 0.1) is 5.82 Å². The van der Waals surface area contributed by atoms with E-state index in [9.17, 15) is 4.39 Å². The van der Waals surface area contributed by atoms with E-state index in [1.165, 1.54) is 6.07 Å². The SMILES string of the molecule is Fc1cccc(Cl)c1C(Br)c1cc(Cl)ccc1Cl. The fourth-order valence-corrected chi connectivity index (χ4v) is 3.40. The Morgan fingerprint density at radius 1 is 1.00 bits per heavy atom. The molecule has 0 heterocycles. The summed E-state index contributed by atoms with van der Waals surface area (Å²) in [5, 5.41) is 1.37. The Labute approximate surface area is 128 Å². The Balaban J connectivity index is 2.54. The Morgan fingerprint density at radius 2 is 1.72 bits per heavy atom. The van der Waals surface area contributed by atoms with Gasteiger partial charge in [0, 0.05) is 20.6 Å². The standard InChI is InChI=1S/C13H7BrCl3F/c14-13(8-6-7(15)4-5-9(8)16)12-10(17)2-1-3-11(12)18/h1-6,13H. The lowest BCUT2D eigenvalue weighted by Crippen LogP contribution is -1.98. The van der Waals surface area contributed by atoms with Gasteiger partial charge < -0.3 is 0 Å². The Morgan fingerprint density at radius 3 is 2.39 bits per heavy atom. The molecule has 0 aliphatic rings. The van der Waals surface area contributed by atoms with E-state index in [4.69, 9.17) is 34.8 Å². The first-order valence-corrected chi connectivity index (χ1v) is 7.08. The molecule has 2 aromatic carbocycles. The number of benzene rings is 2. The van der Waals surface area contributed by atoms with Crippen LogP contribution in [0.2, 0.25) is 15.1 Å². The number of rotatable bonds is 2. The van der Waals surface area contributed by atoms with Gasteiger partial charge in [0.05, 0.1) is 4.83 Å². The average Bonchev–Trinajstić information content (AvgIpc) is 2.32. The highest BCUT2D eigenvalue weighted by Gasteiger charge is 2.20. The van der Waals surface area contributed by atoms with Crippen molar-refractivity contribution in [3.63, 3.8) is 0 Å². The molecule has 0 aromatic heterocycles. The van der Waals surface area contributed by atoms with Crippen molar-refractivity contribution in [2.45, 2.75) is 4.83 Å². The van der Waals surface area contributed by atoms with E-state index in [-0.39, 0.29) is 5.82 Å². The van der Waals surface area contributed by atoms with E-state index in [2.05, 4.69) is 15.9 Å². The maximum Gasteiger partial charge on any atom is 0.129 e. The zero-order valence-corrected chi connectivity index (χ0v) is 12.8. The predicted octanol–water partition coefficient (Wildman–Crippen LogP) is 6.27. The monoisotopic (exact) mass is 366 g/mol. The average molecular weight is 368 g/mol. The molecule has 1 unspecified atom stereocenters. The highest BCUT2D eigenvalue weighted by atomic mass is 79.9. The molecule has 0 saturated heterocycles. The molecule has 18 heavy (non-hydrogen) atoms. The third-order valence-electron chi connectivity index (χ3n) is 2.48. The van der Waals surface area contributed by atoms with Gasteiger partial charge in [0.15, 0.2) is 0 Å².